The number of hydrogen-bond acceptors (Lipinski definition) is 0. The van der Waals surface area contributed by atoms with Gasteiger partial charge in [0.25, 0.3) is 0 Å². The van der Waals surface area contributed by atoms with Crippen molar-refractivity contribution in [3.8, 4) is 0 Å². The van der Waals surface area contributed by atoms with Crippen LogP contribution in [0, 0.1) is 23.2 Å². The van der Waals surface area contributed by atoms with Gasteiger partial charge in [0.2, 0.25) is 0 Å². The van der Waals surface area contributed by atoms with E-state index in [9.17, 15) is 0 Å². The molecule has 1 heterocycles. The monoisotopic (exact) mass is 316 g/mol. The van der Waals surface area contributed by atoms with Gasteiger partial charge in [-0.2, -0.15) is 0 Å². The van der Waals surface area contributed by atoms with Crippen molar-refractivity contribution in [3.05, 3.63) is 35.9 Å². The van der Waals surface area contributed by atoms with Crippen molar-refractivity contribution in [3.63, 3.8) is 0 Å². The Hall–Kier alpha value is -0.820. The molecule has 0 saturated carbocycles. The lowest BCUT2D eigenvalue weighted by molar-refractivity contribution is -0.948. The van der Waals surface area contributed by atoms with Crippen LogP contribution in [0.4, 0.5) is 0 Å². The van der Waals surface area contributed by atoms with Gasteiger partial charge in [0.15, 0.2) is 0 Å². The highest BCUT2D eigenvalue weighted by atomic mass is 15.4. The molecule has 1 aromatic carbocycles. The Morgan fingerprint density at radius 1 is 1.13 bits per heavy atom. The first-order valence-electron chi connectivity index (χ1n) is 9.60. The lowest BCUT2D eigenvalue weighted by atomic mass is 9.83. The molecule has 23 heavy (non-hydrogen) atoms. The lowest BCUT2D eigenvalue weighted by Gasteiger charge is -2.44. The molecule has 1 heteroatoms. The first-order valence-corrected chi connectivity index (χ1v) is 9.60. The lowest BCUT2D eigenvalue weighted by Crippen LogP contribution is -2.54. The third kappa shape index (κ3) is 5.35. The summed E-state index contributed by atoms with van der Waals surface area (Å²) in [6, 6.07) is 11.2. The summed E-state index contributed by atoms with van der Waals surface area (Å²) in [7, 11) is 0. The summed E-state index contributed by atoms with van der Waals surface area (Å²) in [5, 5.41) is 0. The number of benzene rings is 1. The first kappa shape index (κ1) is 18.5. The quantitative estimate of drug-likeness (QED) is 0.607. The fourth-order valence-electron chi connectivity index (χ4n) is 4.74. The van der Waals surface area contributed by atoms with Crippen molar-refractivity contribution in [1.82, 2.24) is 0 Å². The highest BCUT2D eigenvalue weighted by Crippen LogP contribution is 2.37. The first-order chi connectivity index (χ1) is 10.7. The van der Waals surface area contributed by atoms with E-state index in [-0.39, 0.29) is 0 Å². The zero-order valence-corrected chi connectivity index (χ0v) is 16.3. The molecule has 0 bridgehead atoms. The third-order valence-corrected chi connectivity index (χ3v) is 5.93. The summed E-state index contributed by atoms with van der Waals surface area (Å²) in [5.74, 6) is 2.41. The molecule has 3 atom stereocenters. The summed E-state index contributed by atoms with van der Waals surface area (Å²) in [6.45, 7) is 19.9. The highest BCUT2D eigenvalue weighted by Gasteiger charge is 2.40. The average Bonchev–Trinajstić information content (AvgIpc) is 2.55. The Morgan fingerprint density at radius 2 is 1.78 bits per heavy atom. The normalized spacial score (nSPS) is 29.3. The molecule has 1 fully saturated rings. The van der Waals surface area contributed by atoms with Gasteiger partial charge in [-0.25, -0.2) is 0 Å². The Morgan fingerprint density at radius 3 is 2.39 bits per heavy atom. The van der Waals surface area contributed by atoms with Gasteiger partial charge >= 0.3 is 0 Å². The smallest absolute Gasteiger partial charge is 0.104 e. The highest BCUT2D eigenvalue weighted by molar-refractivity contribution is 5.13. The van der Waals surface area contributed by atoms with E-state index in [1.807, 2.05) is 0 Å². The van der Waals surface area contributed by atoms with E-state index in [2.05, 4.69) is 71.9 Å². The molecule has 1 nitrogen and oxygen atoms in total. The number of likely N-dealkylation sites (tertiary alicyclic amines) is 1. The summed E-state index contributed by atoms with van der Waals surface area (Å²) in [5.41, 5.74) is 1.95. The van der Waals surface area contributed by atoms with Crippen LogP contribution in [0.1, 0.15) is 59.9 Å². The van der Waals surface area contributed by atoms with Crippen LogP contribution >= 0.6 is 0 Å². The van der Waals surface area contributed by atoms with E-state index in [0.717, 1.165) is 17.8 Å². The van der Waals surface area contributed by atoms with Gasteiger partial charge in [0.1, 0.15) is 6.54 Å². The van der Waals surface area contributed by atoms with Crippen LogP contribution < -0.4 is 0 Å². The van der Waals surface area contributed by atoms with Crippen LogP contribution in [-0.2, 0) is 6.54 Å². The van der Waals surface area contributed by atoms with E-state index in [1.165, 1.54) is 49.1 Å². The van der Waals surface area contributed by atoms with Gasteiger partial charge in [0.05, 0.1) is 19.6 Å². The minimum Gasteiger partial charge on any atom is -0.319 e. The Bertz CT molecular complexity index is 476. The Kier molecular flexibility index (Phi) is 5.94. The van der Waals surface area contributed by atoms with Crippen molar-refractivity contribution >= 4 is 0 Å². The molecule has 1 aromatic rings. The summed E-state index contributed by atoms with van der Waals surface area (Å²) in [6.07, 6.45) is 2.75. The van der Waals surface area contributed by atoms with E-state index in [1.54, 1.807) is 0 Å². The number of hydrogen-bond donors (Lipinski definition) is 0. The minimum atomic E-state index is 0.446. The molecular weight excluding hydrogens is 278 g/mol. The fourth-order valence-corrected chi connectivity index (χ4v) is 4.74. The summed E-state index contributed by atoms with van der Waals surface area (Å²) >= 11 is 0. The van der Waals surface area contributed by atoms with Gasteiger partial charge in [-0.05, 0) is 24.7 Å². The number of rotatable bonds is 5. The standard InChI is InChI=1S/C22H38N/c1-18(2)20(4)15-23(16-21-10-8-7-9-11-21)13-12-19(3)14-22(5,6)17-23/h7-11,18-20H,12-17H2,1-6H3/q+1. The molecule has 1 aliphatic heterocycles. The van der Waals surface area contributed by atoms with Crippen molar-refractivity contribution in [1.29, 1.82) is 0 Å². The van der Waals surface area contributed by atoms with E-state index in [0.29, 0.717) is 5.41 Å². The van der Waals surface area contributed by atoms with Crippen molar-refractivity contribution in [2.24, 2.45) is 23.2 Å². The average molecular weight is 317 g/mol. The second-order valence-electron chi connectivity index (χ2n) is 9.53. The molecule has 0 spiro atoms. The SMILES string of the molecule is CC1CC[N+](Cc2ccccc2)(CC(C)C(C)C)CC(C)(C)C1. The van der Waals surface area contributed by atoms with Crippen molar-refractivity contribution in [2.45, 2.75) is 60.9 Å². The summed E-state index contributed by atoms with van der Waals surface area (Å²) in [4.78, 5) is 0. The largest absolute Gasteiger partial charge is 0.319 e. The fraction of sp³-hybridized carbons (Fsp3) is 0.727. The second kappa shape index (κ2) is 7.38. The van der Waals surface area contributed by atoms with Gasteiger partial charge in [-0.15, -0.1) is 0 Å². The Labute approximate surface area is 144 Å². The van der Waals surface area contributed by atoms with Crippen LogP contribution in [0.15, 0.2) is 30.3 Å². The van der Waals surface area contributed by atoms with Gasteiger partial charge < -0.3 is 4.48 Å². The van der Waals surface area contributed by atoms with Gasteiger partial charge in [0, 0.05) is 16.9 Å². The molecule has 0 radical (unpaired) electrons. The molecule has 1 aliphatic rings. The van der Waals surface area contributed by atoms with Crippen LogP contribution in [0.5, 0.6) is 0 Å². The Balaban J connectivity index is 2.29. The topological polar surface area (TPSA) is 0 Å². The maximum atomic E-state index is 2.49. The predicted octanol–water partition coefficient (Wildman–Crippen LogP) is 5.75. The van der Waals surface area contributed by atoms with Crippen molar-refractivity contribution in [2.75, 3.05) is 19.6 Å². The van der Waals surface area contributed by atoms with Gasteiger partial charge in [-0.3, -0.25) is 0 Å². The van der Waals surface area contributed by atoms with E-state index < -0.39 is 0 Å². The molecule has 0 aliphatic carbocycles. The molecule has 3 unspecified atom stereocenters. The van der Waals surface area contributed by atoms with Gasteiger partial charge in [-0.1, -0.05) is 71.9 Å². The second-order valence-corrected chi connectivity index (χ2v) is 9.53. The molecule has 0 N–H and O–H groups in total. The van der Waals surface area contributed by atoms with E-state index in [4.69, 9.17) is 0 Å². The van der Waals surface area contributed by atoms with Crippen LogP contribution in [-0.4, -0.2) is 24.1 Å². The van der Waals surface area contributed by atoms with Crippen LogP contribution in [0.25, 0.3) is 0 Å². The molecular formula is C22H38N+. The maximum Gasteiger partial charge on any atom is 0.104 e. The number of nitrogens with zero attached hydrogens (tertiary/aromatic N) is 1. The minimum absolute atomic E-state index is 0.446. The molecule has 2 rings (SSSR count). The molecule has 1 saturated heterocycles. The molecule has 0 amide bonds. The zero-order valence-electron chi connectivity index (χ0n) is 16.3. The summed E-state index contributed by atoms with van der Waals surface area (Å²) < 4.78 is 1.28. The van der Waals surface area contributed by atoms with Crippen molar-refractivity contribution < 1.29 is 4.48 Å². The third-order valence-electron chi connectivity index (χ3n) is 5.93. The number of quaternary nitrogens is 1. The van der Waals surface area contributed by atoms with Crippen LogP contribution in [0.2, 0.25) is 0 Å². The maximum absolute atomic E-state index is 2.49. The van der Waals surface area contributed by atoms with Crippen LogP contribution in [0.3, 0.4) is 0 Å². The van der Waals surface area contributed by atoms with E-state index >= 15 is 0 Å². The zero-order chi connectivity index (χ0) is 17.1. The predicted molar refractivity (Wildman–Crippen MR) is 101 cm³/mol. The molecule has 130 valence electrons. The molecule has 0 aromatic heterocycles.